The van der Waals surface area contributed by atoms with Crippen LogP contribution in [-0.4, -0.2) is 63.2 Å². The van der Waals surface area contributed by atoms with Gasteiger partial charge < -0.3 is 23.7 Å². The molecule has 0 bridgehead atoms. The summed E-state index contributed by atoms with van der Waals surface area (Å²) in [5.41, 5.74) is 2.78. The maximum Gasteiger partial charge on any atom is 0.264 e. The fourth-order valence-electron chi connectivity index (χ4n) is 3.35. The van der Waals surface area contributed by atoms with Crippen LogP contribution in [0.25, 0.3) is 22.0 Å². The van der Waals surface area contributed by atoms with E-state index >= 15 is 0 Å². The number of rotatable bonds is 14. The lowest BCUT2D eigenvalue weighted by Gasteiger charge is -2.16. The van der Waals surface area contributed by atoms with Gasteiger partial charge in [0.15, 0.2) is 6.79 Å². The first-order valence-corrected chi connectivity index (χ1v) is 12.4. The van der Waals surface area contributed by atoms with Crippen molar-refractivity contribution in [3.8, 4) is 16.9 Å². The number of methoxy groups -OCH3 is 2. The molecule has 184 valence electrons. The molecule has 0 spiro atoms. The van der Waals surface area contributed by atoms with Crippen molar-refractivity contribution in [3.63, 3.8) is 0 Å². The number of benzene rings is 2. The van der Waals surface area contributed by atoms with Crippen LogP contribution in [0.3, 0.4) is 0 Å². The Hall–Kier alpha value is -2.14. The molecule has 1 heterocycles. The Balaban J connectivity index is 2.09. The summed E-state index contributed by atoms with van der Waals surface area (Å²) < 4.78 is 28.2. The lowest BCUT2D eigenvalue weighted by molar-refractivity contribution is -0.00788. The van der Waals surface area contributed by atoms with E-state index in [9.17, 15) is 4.79 Å². The molecule has 0 amide bonds. The SMILES string of the molecule is COCCOCOc1cc(-c2ccccc2CSC)c(Cl)c2c(=O)n(COCCOC)cnc12. The maximum atomic E-state index is 13.4. The average molecular weight is 509 g/mol. The Kier molecular flexibility index (Phi) is 10.6. The van der Waals surface area contributed by atoms with Crippen LogP contribution in [0.15, 0.2) is 41.5 Å². The summed E-state index contributed by atoms with van der Waals surface area (Å²) in [6.07, 6.45) is 3.46. The summed E-state index contributed by atoms with van der Waals surface area (Å²) in [7, 11) is 3.19. The lowest BCUT2D eigenvalue weighted by atomic mass is 9.98. The van der Waals surface area contributed by atoms with Crippen LogP contribution in [-0.2, 0) is 31.4 Å². The molecule has 0 fully saturated rings. The van der Waals surface area contributed by atoms with Crippen LogP contribution in [0.2, 0.25) is 5.02 Å². The topological polar surface area (TPSA) is 81.0 Å². The third-order valence-corrected chi connectivity index (χ3v) is 5.99. The smallest absolute Gasteiger partial charge is 0.264 e. The highest BCUT2D eigenvalue weighted by Gasteiger charge is 2.20. The molecule has 34 heavy (non-hydrogen) atoms. The van der Waals surface area contributed by atoms with Gasteiger partial charge in [0.2, 0.25) is 0 Å². The number of ether oxygens (including phenoxy) is 5. The van der Waals surface area contributed by atoms with E-state index in [1.165, 1.54) is 10.9 Å². The van der Waals surface area contributed by atoms with Gasteiger partial charge in [-0.3, -0.25) is 9.36 Å². The Morgan fingerprint density at radius 1 is 1.03 bits per heavy atom. The summed E-state index contributed by atoms with van der Waals surface area (Å²) in [6, 6.07) is 9.78. The molecule has 0 saturated heterocycles. The van der Waals surface area contributed by atoms with E-state index in [2.05, 4.69) is 4.98 Å². The molecular formula is C24H29ClN2O6S. The van der Waals surface area contributed by atoms with Gasteiger partial charge in [-0.1, -0.05) is 35.9 Å². The van der Waals surface area contributed by atoms with Gasteiger partial charge in [-0.25, -0.2) is 4.98 Å². The minimum Gasteiger partial charge on any atom is -0.465 e. The van der Waals surface area contributed by atoms with E-state index in [-0.39, 0.29) is 24.5 Å². The van der Waals surface area contributed by atoms with Gasteiger partial charge in [0, 0.05) is 25.5 Å². The summed E-state index contributed by atoms with van der Waals surface area (Å²) in [6.45, 7) is 1.62. The first kappa shape index (κ1) is 26.5. The lowest BCUT2D eigenvalue weighted by Crippen LogP contribution is -2.23. The van der Waals surface area contributed by atoms with Crippen molar-refractivity contribution in [2.45, 2.75) is 12.5 Å². The van der Waals surface area contributed by atoms with Gasteiger partial charge >= 0.3 is 0 Å². The molecule has 8 nitrogen and oxygen atoms in total. The Labute approximate surface area is 208 Å². The molecule has 0 atom stereocenters. The summed E-state index contributed by atoms with van der Waals surface area (Å²) >= 11 is 8.57. The number of aromatic nitrogens is 2. The maximum absolute atomic E-state index is 13.4. The van der Waals surface area contributed by atoms with Crippen molar-refractivity contribution >= 4 is 34.3 Å². The average Bonchev–Trinajstić information content (AvgIpc) is 2.84. The van der Waals surface area contributed by atoms with Crippen molar-refractivity contribution in [1.29, 1.82) is 0 Å². The number of fused-ring (bicyclic) bond motifs is 1. The summed E-state index contributed by atoms with van der Waals surface area (Å²) in [4.78, 5) is 17.9. The third kappa shape index (κ3) is 6.50. The van der Waals surface area contributed by atoms with Crippen LogP contribution in [0.5, 0.6) is 5.75 Å². The largest absolute Gasteiger partial charge is 0.465 e. The van der Waals surface area contributed by atoms with Crippen molar-refractivity contribution in [2.75, 3.05) is 53.7 Å². The Bertz CT molecular complexity index is 1140. The zero-order valence-electron chi connectivity index (χ0n) is 19.5. The highest BCUT2D eigenvalue weighted by molar-refractivity contribution is 7.97. The second-order valence-corrected chi connectivity index (χ2v) is 8.51. The van der Waals surface area contributed by atoms with E-state index in [0.717, 1.165) is 16.9 Å². The number of thioether (sulfide) groups is 1. The molecule has 0 unspecified atom stereocenters. The molecule has 3 rings (SSSR count). The predicted octanol–water partition coefficient (Wildman–Crippen LogP) is 4.20. The van der Waals surface area contributed by atoms with Crippen molar-refractivity contribution in [2.24, 2.45) is 0 Å². The van der Waals surface area contributed by atoms with E-state index < -0.39 is 0 Å². The molecule has 0 aliphatic rings. The van der Waals surface area contributed by atoms with E-state index in [4.69, 9.17) is 35.3 Å². The molecule has 1 aromatic heterocycles. The second-order valence-electron chi connectivity index (χ2n) is 7.26. The molecule has 0 radical (unpaired) electrons. The zero-order chi connectivity index (χ0) is 24.3. The minimum absolute atomic E-state index is 0.0170. The molecule has 0 N–H and O–H groups in total. The first-order chi connectivity index (χ1) is 16.6. The van der Waals surface area contributed by atoms with Crippen LogP contribution in [0.1, 0.15) is 5.56 Å². The predicted molar refractivity (Wildman–Crippen MR) is 135 cm³/mol. The monoisotopic (exact) mass is 508 g/mol. The molecule has 10 heteroatoms. The molecule has 2 aromatic carbocycles. The quantitative estimate of drug-likeness (QED) is 0.237. The number of halogens is 1. The second kappa shape index (κ2) is 13.7. The molecular weight excluding hydrogens is 480 g/mol. The highest BCUT2D eigenvalue weighted by Crippen LogP contribution is 2.39. The van der Waals surface area contributed by atoms with Gasteiger partial charge in [0.25, 0.3) is 5.56 Å². The van der Waals surface area contributed by atoms with Gasteiger partial charge in [-0.05, 0) is 23.4 Å². The Morgan fingerprint density at radius 3 is 2.50 bits per heavy atom. The van der Waals surface area contributed by atoms with E-state index in [1.54, 1.807) is 26.0 Å². The van der Waals surface area contributed by atoms with Gasteiger partial charge in [-0.15, -0.1) is 0 Å². The van der Waals surface area contributed by atoms with Gasteiger partial charge in [-0.2, -0.15) is 11.8 Å². The van der Waals surface area contributed by atoms with Crippen molar-refractivity contribution in [1.82, 2.24) is 9.55 Å². The van der Waals surface area contributed by atoms with Gasteiger partial charge in [0.1, 0.15) is 24.3 Å². The van der Waals surface area contributed by atoms with Crippen molar-refractivity contribution < 1.29 is 23.7 Å². The van der Waals surface area contributed by atoms with Crippen molar-refractivity contribution in [3.05, 3.63) is 57.6 Å². The summed E-state index contributed by atoms with van der Waals surface area (Å²) in [5, 5.41) is 0.586. The van der Waals surface area contributed by atoms with Gasteiger partial charge in [0.05, 0.1) is 36.8 Å². The molecule has 3 aromatic rings. The standard InChI is InChI=1S/C24H29ClN2O6S/c1-29-8-10-31-15-27-14-26-23-20(33-16-32-11-9-30-2)12-19(22(25)21(23)24(27)28)18-7-5-4-6-17(18)13-34-3/h4-7,12,14H,8-11,13,15-16H2,1-3H3. The minimum atomic E-state index is -0.318. The van der Waals surface area contributed by atoms with Crippen LogP contribution < -0.4 is 10.3 Å². The number of hydrogen-bond donors (Lipinski definition) is 0. The molecule has 0 aliphatic heterocycles. The first-order valence-electron chi connectivity index (χ1n) is 10.7. The normalized spacial score (nSPS) is 11.3. The fraction of sp³-hybridized carbons (Fsp3) is 0.417. The highest BCUT2D eigenvalue weighted by atomic mass is 35.5. The fourth-order valence-corrected chi connectivity index (χ4v) is 4.23. The third-order valence-electron chi connectivity index (χ3n) is 5.00. The molecule has 0 saturated carbocycles. The summed E-state index contributed by atoms with van der Waals surface area (Å²) in [5.74, 6) is 1.21. The number of hydrogen-bond acceptors (Lipinski definition) is 8. The Morgan fingerprint density at radius 2 is 1.76 bits per heavy atom. The van der Waals surface area contributed by atoms with E-state index in [0.29, 0.717) is 48.3 Å². The molecule has 0 aliphatic carbocycles. The zero-order valence-corrected chi connectivity index (χ0v) is 21.1. The van der Waals surface area contributed by atoms with E-state index in [1.807, 2.05) is 36.6 Å². The number of nitrogens with zero attached hydrogens (tertiary/aromatic N) is 2. The van der Waals surface area contributed by atoms with Crippen LogP contribution >= 0.6 is 23.4 Å². The van der Waals surface area contributed by atoms with Crippen LogP contribution in [0.4, 0.5) is 0 Å². The van der Waals surface area contributed by atoms with Crippen LogP contribution in [0, 0.1) is 0 Å².